The molecule has 0 aromatic heterocycles. The largest absolute Gasteiger partial charge is 0.373 e. The van der Waals surface area contributed by atoms with E-state index in [1.807, 2.05) is 24.3 Å². The van der Waals surface area contributed by atoms with Crippen molar-refractivity contribution >= 4 is 5.97 Å². The Morgan fingerprint density at radius 2 is 1.65 bits per heavy atom. The van der Waals surface area contributed by atoms with Crippen LogP contribution < -0.4 is 0 Å². The van der Waals surface area contributed by atoms with Crippen LogP contribution in [0.25, 0.3) is 0 Å². The van der Waals surface area contributed by atoms with Crippen LogP contribution >= 0.6 is 0 Å². The number of hydrogen-bond donors (Lipinski definition) is 0. The quantitative estimate of drug-likeness (QED) is 0.247. The fraction of sp³-hybridized carbons (Fsp3) is 0.652. The second kappa shape index (κ2) is 12.1. The molecule has 1 aliphatic carbocycles. The molecule has 2 rings (SSSR count). The zero-order valence-electron chi connectivity index (χ0n) is 16.6. The van der Waals surface area contributed by atoms with E-state index in [0.717, 1.165) is 44.1 Å². The molecule has 0 spiro atoms. The smallest absolute Gasteiger partial charge is 0.292 e. The number of hydrogen-bond acceptors (Lipinski definition) is 3. The summed E-state index contributed by atoms with van der Waals surface area (Å²) >= 11 is 0. The summed E-state index contributed by atoms with van der Waals surface area (Å²) in [7, 11) is 0. The van der Waals surface area contributed by atoms with Crippen molar-refractivity contribution in [2.75, 3.05) is 0 Å². The predicted molar refractivity (Wildman–Crippen MR) is 106 cm³/mol. The summed E-state index contributed by atoms with van der Waals surface area (Å²) in [6.07, 6.45) is 15.0. The SMILES string of the molecule is CCCCCCc1ccc(C(=O)OO[C]2CCC(CCCC)CC2)cc1. The van der Waals surface area contributed by atoms with Gasteiger partial charge in [0.05, 0.1) is 5.56 Å². The molecule has 0 bridgehead atoms. The van der Waals surface area contributed by atoms with Gasteiger partial charge < -0.3 is 0 Å². The number of aryl methyl sites for hydroxylation is 1. The van der Waals surface area contributed by atoms with Crippen molar-refractivity contribution in [1.29, 1.82) is 0 Å². The van der Waals surface area contributed by atoms with Gasteiger partial charge in [0.25, 0.3) is 0 Å². The fourth-order valence-corrected chi connectivity index (χ4v) is 3.57. The summed E-state index contributed by atoms with van der Waals surface area (Å²) in [5.41, 5.74) is 1.83. The van der Waals surface area contributed by atoms with Crippen LogP contribution in [0.4, 0.5) is 0 Å². The Balaban J connectivity index is 1.66. The van der Waals surface area contributed by atoms with Crippen LogP contribution in [-0.4, -0.2) is 5.97 Å². The van der Waals surface area contributed by atoms with Crippen LogP contribution in [-0.2, 0) is 16.2 Å². The van der Waals surface area contributed by atoms with Crippen molar-refractivity contribution < 1.29 is 14.6 Å². The third-order valence-electron chi connectivity index (χ3n) is 5.37. The molecule has 26 heavy (non-hydrogen) atoms. The maximum absolute atomic E-state index is 12.1. The second-order valence-electron chi connectivity index (χ2n) is 7.59. The van der Waals surface area contributed by atoms with Crippen LogP contribution in [0, 0.1) is 12.0 Å². The van der Waals surface area contributed by atoms with Gasteiger partial charge in [-0.05, 0) is 62.1 Å². The molecule has 145 valence electrons. The van der Waals surface area contributed by atoms with Gasteiger partial charge in [0.1, 0.15) is 6.10 Å². The lowest BCUT2D eigenvalue weighted by Gasteiger charge is -2.26. The van der Waals surface area contributed by atoms with E-state index in [0.29, 0.717) is 5.56 Å². The van der Waals surface area contributed by atoms with Crippen molar-refractivity contribution in [2.24, 2.45) is 5.92 Å². The van der Waals surface area contributed by atoms with Crippen molar-refractivity contribution in [3.05, 3.63) is 41.5 Å². The molecule has 0 N–H and O–H groups in total. The second-order valence-corrected chi connectivity index (χ2v) is 7.59. The average molecular weight is 360 g/mol. The number of carbonyl (C=O) groups excluding carboxylic acids is 1. The molecule has 0 amide bonds. The first-order chi connectivity index (χ1) is 12.7. The third-order valence-corrected chi connectivity index (χ3v) is 5.37. The molecule has 1 saturated carbocycles. The molecule has 0 saturated heterocycles. The summed E-state index contributed by atoms with van der Waals surface area (Å²) < 4.78 is 0. The maximum Gasteiger partial charge on any atom is 0.373 e. The number of carbonyl (C=O) groups is 1. The lowest BCUT2D eigenvalue weighted by Crippen LogP contribution is -2.17. The maximum atomic E-state index is 12.1. The van der Waals surface area contributed by atoms with Gasteiger partial charge in [-0.25, -0.2) is 4.79 Å². The molecule has 1 aliphatic rings. The Kier molecular flexibility index (Phi) is 9.76. The average Bonchev–Trinajstić information content (AvgIpc) is 2.69. The molecule has 3 nitrogen and oxygen atoms in total. The molecule has 1 aromatic rings. The van der Waals surface area contributed by atoms with Gasteiger partial charge >= 0.3 is 5.97 Å². The molecular formula is C23H35O3. The van der Waals surface area contributed by atoms with Gasteiger partial charge in [-0.2, -0.15) is 4.89 Å². The standard InChI is InChI=1S/C23H35O3/c1-3-5-7-8-10-20-11-15-21(16-12-20)23(24)26-25-22-17-13-19(14-18-22)9-6-4-2/h11-12,15-16,19H,3-10,13-14,17-18H2,1-2H3. The highest BCUT2D eigenvalue weighted by Crippen LogP contribution is 2.33. The molecular weight excluding hydrogens is 324 g/mol. The third kappa shape index (κ3) is 7.49. The summed E-state index contributed by atoms with van der Waals surface area (Å²) in [6.45, 7) is 4.46. The Morgan fingerprint density at radius 3 is 2.31 bits per heavy atom. The zero-order chi connectivity index (χ0) is 18.6. The van der Waals surface area contributed by atoms with Gasteiger partial charge in [-0.3, -0.25) is 4.89 Å². The van der Waals surface area contributed by atoms with Gasteiger partial charge in [-0.1, -0.05) is 64.5 Å². The molecule has 0 unspecified atom stereocenters. The highest BCUT2D eigenvalue weighted by Gasteiger charge is 2.24. The van der Waals surface area contributed by atoms with Gasteiger partial charge in [0.2, 0.25) is 0 Å². The Hall–Kier alpha value is -1.35. The van der Waals surface area contributed by atoms with E-state index in [1.54, 1.807) is 0 Å². The van der Waals surface area contributed by atoms with Gasteiger partial charge in [-0.15, -0.1) is 0 Å². The molecule has 0 aliphatic heterocycles. The minimum atomic E-state index is -0.400. The van der Waals surface area contributed by atoms with Crippen molar-refractivity contribution in [3.63, 3.8) is 0 Å². The molecule has 0 heterocycles. The first-order valence-corrected chi connectivity index (χ1v) is 10.6. The van der Waals surface area contributed by atoms with Crippen LogP contribution in [0.2, 0.25) is 0 Å². The highest BCUT2D eigenvalue weighted by atomic mass is 17.2. The lowest BCUT2D eigenvalue weighted by atomic mass is 9.84. The molecule has 3 heteroatoms. The fourth-order valence-electron chi connectivity index (χ4n) is 3.57. The van der Waals surface area contributed by atoms with Crippen LogP contribution in [0.15, 0.2) is 24.3 Å². The van der Waals surface area contributed by atoms with E-state index >= 15 is 0 Å². The topological polar surface area (TPSA) is 35.5 Å². The van der Waals surface area contributed by atoms with E-state index in [2.05, 4.69) is 13.8 Å². The molecule has 1 aromatic carbocycles. The minimum Gasteiger partial charge on any atom is -0.292 e. The first-order valence-electron chi connectivity index (χ1n) is 10.6. The van der Waals surface area contributed by atoms with E-state index in [-0.39, 0.29) is 0 Å². The van der Waals surface area contributed by atoms with Gasteiger partial charge in [0, 0.05) is 0 Å². The van der Waals surface area contributed by atoms with Gasteiger partial charge in [0.15, 0.2) is 0 Å². The van der Waals surface area contributed by atoms with E-state index in [4.69, 9.17) is 9.78 Å². The van der Waals surface area contributed by atoms with E-state index in [1.165, 1.54) is 50.5 Å². The Labute approximate surface area is 159 Å². The van der Waals surface area contributed by atoms with Crippen LogP contribution in [0.5, 0.6) is 0 Å². The predicted octanol–water partition coefficient (Wildman–Crippen LogP) is 6.81. The summed E-state index contributed by atoms with van der Waals surface area (Å²) in [6, 6.07) is 7.73. The minimum absolute atomic E-state index is 0.400. The number of rotatable bonds is 11. The zero-order valence-corrected chi connectivity index (χ0v) is 16.6. The number of unbranched alkanes of at least 4 members (excludes halogenated alkanes) is 4. The lowest BCUT2D eigenvalue weighted by molar-refractivity contribution is -0.240. The number of benzene rings is 1. The summed E-state index contributed by atoms with van der Waals surface area (Å²) in [5.74, 6) is 0.408. The molecule has 1 radical (unpaired) electrons. The Morgan fingerprint density at radius 1 is 0.962 bits per heavy atom. The van der Waals surface area contributed by atoms with E-state index in [9.17, 15) is 4.79 Å². The van der Waals surface area contributed by atoms with Crippen LogP contribution in [0.1, 0.15) is 100 Å². The first kappa shape index (κ1) is 21.0. The van der Waals surface area contributed by atoms with Crippen molar-refractivity contribution in [3.8, 4) is 0 Å². The summed E-state index contributed by atoms with van der Waals surface area (Å²) in [4.78, 5) is 22.5. The van der Waals surface area contributed by atoms with Crippen molar-refractivity contribution in [1.82, 2.24) is 0 Å². The monoisotopic (exact) mass is 359 g/mol. The summed E-state index contributed by atoms with van der Waals surface area (Å²) in [5, 5.41) is 0. The normalized spacial score (nSPS) is 15.9. The molecule has 1 fully saturated rings. The highest BCUT2D eigenvalue weighted by molar-refractivity contribution is 5.88. The Bertz CT molecular complexity index is 501. The van der Waals surface area contributed by atoms with E-state index < -0.39 is 5.97 Å². The van der Waals surface area contributed by atoms with Crippen molar-refractivity contribution in [2.45, 2.75) is 90.9 Å². The molecule has 0 atom stereocenters. The van der Waals surface area contributed by atoms with Crippen LogP contribution in [0.3, 0.4) is 0 Å².